The summed E-state index contributed by atoms with van der Waals surface area (Å²) in [6.07, 6.45) is 2.15. The molecular weight excluding hydrogens is 252 g/mol. The van der Waals surface area contributed by atoms with Gasteiger partial charge in [-0.3, -0.25) is 4.79 Å². The molecule has 20 heavy (non-hydrogen) atoms. The second-order valence-corrected chi connectivity index (χ2v) is 4.95. The number of nitrogens with one attached hydrogen (secondary N) is 1. The van der Waals surface area contributed by atoms with E-state index in [2.05, 4.69) is 5.32 Å². The molecule has 0 aliphatic heterocycles. The maximum atomic E-state index is 12.0. The molecule has 0 saturated heterocycles. The van der Waals surface area contributed by atoms with E-state index in [-0.39, 0.29) is 5.91 Å². The van der Waals surface area contributed by atoms with E-state index >= 15 is 0 Å². The van der Waals surface area contributed by atoms with Crippen LogP contribution in [0.2, 0.25) is 0 Å². The van der Waals surface area contributed by atoms with Gasteiger partial charge in [-0.15, -0.1) is 0 Å². The fourth-order valence-corrected chi connectivity index (χ4v) is 1.87. The number of amides is 1. The molecule has 0 spiro atoms. The van der Waals surface area contributed by atoms with Gasteiger partial charge in [0.05, 0.1) is 0 Å². The van der Waals surface area contributed by atoms with Gasteiger partial charge in [-0.25, -0.2) is 0 Å². The van der Waals surface area contributed by atoms with E-state index in [9.17, 15) is 4.79 Å². The summed E-state index contributed by atoms with van der Waals surface area (Å²) in [4.78, 5) is 12.0. The Morgan fingerprint density at radius 2 is 1.85 bits per heavy atom. The van der Waals surface area contributed by atoms with Crippen molar-refractivity contribution in [2.24, 2.45) is 0 Å². The Hall–Kier alpha value is -2.49. The number of hydrogen-bond acceptors (Lipinski definition) is 3. The molecule has 2 aromatic rings. The van der Waals surface area contributed by atoms with Crippen molar-refractivity contribution in [3.8, 4) is 11.5 Å². The Kier molecular flexibility index (Phi) is 3.29. The molecule has 0 unspecified atom stereocenters. The van der Waals surface area contributed by atoms with Crippen LogP contribution in [0.25, 0.3) is 0 Å². The van der Waals surface area contributed by atoms with E-state index in [0.717, 1.165) is 12.8 Å². The molecule has 1 fully saturated rings. The summed E-state index contributed by atoms with van der Waals surface area (Å²) < 4.78 is 5.71. The third-order valence-electron chi connectivity index (χ3n) is 3.12. The molecule has 3 N–H and O–H groups in total. The van der Waals surface area contributed by atoms with Crippen LogP contribution in [0.4, 0.5) is 5.69 Å². The average Bonchev–Trinajstić information content (AvgIpc) is 3.26. The van der Waals surface area contributed by atoms with E-state index in [4.69, 9.17) is 10.5 Å². The Bertz CT molecular complexity index is 619. The van der Waals surface area contributed by atoms with Crippen LogP contribution in [0.15, 0.2) is 48.5 Å². The van der Waals surface area contributed by atoms with Crippen molar-refractivity contribution in [1.29, 1.82) is 0 Å². The van der Waals surface area contributed by atoms with Gasteiger partial charge < -0.3 is 15.8 Å². The lowest BCUT2D eigenvalue weighted by atomic mass is 10.2. The summed E-state index contributed by atoms with van der Waals surface area (Å²) in [7, 11) is 0. The highest BCUT2D eigenvalue weighted by Crippen LogP contribution is 2.24. The topological polar surface area (TPSA) is 64.3 Å². The van der Waals surface area contributed by atoms with Gasteiger partial charge in [-0.2, -0.15) is 0 Å². The number of hydrogen-bond donors (Lipinski definition) is 2. The molecule has 0 atom stereocenters. The van der Waals surface area contributed by atoms with Gasteiger partial charge in [0.2, 0.25) is 0 Å². The second kappa shape index (κ2) is 5.25. The average molecular weight is 268 g/mol. The van der Waals surface area contributed by atoms with E-state index in [0.29, 0.717) is 28.8 Å². The standard InChI is InChI=1S/C16H16N2O2/c17-12-4-8-14(9-5-12)20-15-3-1-2-11(10-15)16(19)18-13-6-7-13/h1-5,8-10,13H,6-7,17H2,(H,18,19). The Balaban J connectivity index is 1.73. The minimum Gasteiger partial charge on any atom is -0.457 e. The van der Waals surface area contributed by atoms with Crippen molar-refractivity contribution in [3.63, 3.8) is 0 Å². The van der Waals surface area contributed by atoms with Crippen molar-refractivity contribution in [2.45, 2.75) is 18.9 Å². The van der Waals surface area contributed by atoms with Gasteiger partial charge >= 0.3 is 0 Å². The zero-order valence-corrected chi connectivity index (χ0v) is 11.0. The Morgan fingerprint density at radius 3 is 2.55 bits per heavy atom. The number of nitrogen functional groups attached to an aromatic ring is 1. The van der Waals surface area contributed by atoms with E-state index in [1.54, 1.807) is 36.4 Å². The fraction of sp³-hybridized carbons (Fsp3) is 0.188. The highest BCUT2D eigenvalue weighted by atomic mass is 16.5. The molecule has 1 aliphatic carbocycles. The van der Waals surface area contributed by atoms with Crippen LogP contribution in [-0.4, -0.2) is 11.9 Å². The third kappa shape index (κ3) is 3.09. The van der Waals surface area contributed by atoms with Crippen molar-refractivity contribution < 1.29 is 9.53 Å². The van der Waals surface area contributed by atoms with E-state index in [1.807, 2.05) is 12.1 Å². The first-order valence-corrected chi connectivity index (χ1v) is 6.65. The van der Waals surface area contributed by atoms with Gasteiger partial charge in [0, 0.05) is 17.3 Å². The number of rotatable bonds is 4. The summed E-state index contributed by atoms with van der Waals surface area (Å²) in [5, 5.41) is 2.96. The highest BCUT2D eigenvalue weighted by Gasteiger charge is 2.23. The van der Waals surface area contributed by atoms with Gasteiger partial charge in [0.15, 0.2) is 0 Å². The van der Waals surface area contributed by atoms with Crippen molar-refractivity contribution in [2.75, 3.05) is 5.73 Å². The van der Waals surface area contributed by atoms with Crippen LogP contribution >= 0.6 is 0 Å². The molecule has 4 nitrogen and oxygen atoms in total. The SMILES string of the molecule is Nc1ccc(Oc2cccc(C(=O)NC3CC3)c2)cc1. The molecule has 1 amide bonds. The predicted molar refractivity (Wildman–Crippen MR) is 77.9 cm³/mol. The summed E-state index contributed by atoms with van der Waals surface area (Å²) in [5.74, 6) is 1.28. The van der Waals surface area contributed by atoms with Crippen LogP contribution in [0, 0.1) is 0 Å². The molecule has 0 bridgehead atoms. The van der Waals surface area contributed by atoms with Gasteiger partial charge in [-0.05, 0) is 55.3 Å². The molecule has 102 valence electrons. The number of anilines is 1. The smallest absolute Gasteiger partial charge is 0.251 e. The summed E-state index contributed by atoms with van der Waals surface area (Å²) in [6, 6.07) is 14.7. The number of benzene rings is 2. The monoisotopic (exact) mass is 268 g/mol. The van der Waals surface area contributed by atoms with Crippen molar-refractivity contribution >= 4 is 11.6 Å². The molecule has 2 aromatic carbocycles. The Morgan fingerprint density at radius 1 is 1.10 bits per heavy atom. The lowest BCUT2D eigenvalue weighted by Crippen LogP contribution is -2.25. The number of nitrogens with two attached hydrogens (primary N) is 1. The first-order chi connectivity index (χ1) is 9.70. The minimum absolute atomic E-state index is 0.0461. The highest BCUT2D eigenvalue weighted by molar-refractivity contribution is 5.94. The normalized spacial score (nSPS) is 13.8. The van der Waals surface area contributed by atoms with Crippen LogP contribution in [0.5, 0.6) is 11.5 Å². The maximum Gasteiger partial charge on any atom is 0.251 e. The van der Waals surface area contributed by atoms with Gasteiger partial charge in [0.25, 0.3) is 5.91 Å². The molecular formula is C16H16N2O2. The quantitative estimate of drug-likeness (QED) is 0.838. The van der Waals surface area contributed by atoms with Crippen LogP contribution in [-0.2, 0) is 0 Å². The molecule has 4 heteroatoms. The molecule has 0 radical (unpaired) electrons. The lowest BCUT2D eigenvalue weighted by molar-refractivity contribution is 0.0951. The first-order valence-electron chi connectivity index (χ1n) is 6.65. The number of carbonyl (C=O) groups excluding carboxylic acids is 1. The summed E-state index contributed by atoms with van der Waals surface area (Å²) >= 11 is 0. The zero-order chi connectivity index (χ0) is 13.9. The minimum atomic E-state index is -0.0461. The first kappa shape index (κ1) is 12.5. The summed E-state index contributed by atoms with van der Waals surface area (Å²) in [5.41, 5.74) is 6.93. The summed E-state index contributed by atoms with van der Waals surface area (Å²) in [6.45, 7) is 0. The third-order valence-corrected chi connectivity index (χ3v) is 3.12. The molecule has 1 aliphatic rings. The van der Waals surface area contributed by atoms with Crippen LogP contribution < -0.4 is 15.8 Å². The second-order valence-electron chi connectivity index (χ2n) is 4.95. The van der Waals surface area contributed by atoms with Gasteiger partial charge in [0.1, 0.15) is 11.5 Å². The maximum absolute atomic E-state index is 12.0. The molecule has 0 aromatic heterocycles. The largest absolute Gasteiger partial charge is 0.457 e. The lowest BCUT2D eigenvalue weighted by Gasteiger charge is -2.08. The van der Waals surface area contributed by atoms with E-state index < -0.39 is 0 Å². The van der Waals surface area contributed by atoms with Gasteiger partial charge in [-0.1, -0.05) is 6.07 Å². The van der Waals surface area contributed by atoms with Crippen LogP contribution in [0.1, 0.15) is 23.2 Å². The molecule has 0 heterocycles. The molecule has 3 rings (SSSR count). The number of carbonyl (C=O) groups is 1. The predicted octanol–water partition coefficient (Wildman–Crippen LogP) is 2.95. The zero-order valence-electron chi connectivity index (χ0n) is 11.0. The fourth-order valence-electron chi connectivity index (χ4n) is 1.87. The van der Waals surface area contributed by atoms with Crippen molar-refractivity contribution in [1.82, 2.24) is 5.32 Å². The van der Waals surface area contributed by atoms with Crippen LogP contribution in [0.3, 0.4) is 0 Å². The van der Waals surface area contributed by atoms with Crippen molar-refractivity contribution in [3.05, 3.63) is 54.1 Å². The Labute approximate surface area is 117 Å². The van der Waals surface area contributed by atoms with E-state index in [1.165, 1.54) is 0 Å². The number of ether oxygens (including phenoxy) is 1. The molecule has 1 saturated carbocycles.